The van der Waals surface area contributed by atoms with Gasteiger partial charge in [-0.05, 0) is 19.8 Å². The molecule has 1 aliphatic rings. The first-order valence-electron chi connectivity index (χ1n) is 7.13. The number of carbonyl (C=O) groups is 1. The zero-order valence-corrected chi connectivity index (χ0v) is 12.2. The number of nitrogens with zero attached hydrogens (tertiary/aromatic N) is 4. The molecule has 8 heteroatoms. The predicted octanol–water partition coefficient (Wildman–Crippen LogP) is 0.817. The number of carbonyl (C=O) groups excluding carboxylic acids is 1. The summed E-state index contributed by atoms with van der Waals surface area (Å²) >= 11 is 0. The lowest BCUT2D eigenvalue weighted by atomic mass is 10.3. The van der Waals surface area contributed by atoms with Crippen LogP contribution in [0.25, 0.3) is 11.2 Å². The summed E-state index contributed by atoms with van der Waals surface area (Å²) in [5, 5.41) is 6.06. The molecule has 0 aliphatic carbocycles. The van der Waals surface area contributed by atoms with Crippen LogP contribution in [0, 0.1) is 0 Å². The van der Waals surface area contributed by atoms with Gasteiger partial charge in [0.15, 0.2) is 11.5 Å². The van der Waals surface area contributed by atoms with Crippen LogP contribution < -0.4 is 10.6 Å². The molecular weight excluding hydrogens is 270 g/mol. The lowest BCUT2D eigenvalue weighted by molar-refractivity contribution is -0.130. The Morgan fingerprint density at radius 3 is 2.86 bits per heavy atom. The first-order valence-corrected chi connectivity index (χ1v) is 7.13. The summed E-state index contributed by atoms with van der Waals surface area (Å²) in [6, 6.07) is -0.339. The minimum absolute atomic E-state index is 0.102. The maximum Gasteiger partial charge on any atom is 0.244 e. The lowest BCUT2D eigenvalue weighted by Gasteiger charge is -2.21. The number of anilines is 2. The van der Waals surface area contributed by atoms with Gasteiger partial charge in [-0.3, -0.25) is 4.79 Å². The fraction of sp³-hybridized carbons (Fsp3) is 0.538. The number of aromatic nitrogens is 4. The van der Waals surface area contributed by atoms with Crippen molar-refractivity contribution in [2.75, 3.05) is 30.8 Å². The van der Waals surface area contributed by atoms with Gasteiger partial charge in [0.25, 0.3) is 0 Å². The van der Waals surface area contributed by atoms with Crippen LogP contribution in [0.15, 0.2) is 6.33 Å². The fourth-order valence-corrected chi connectivity index (χ4v) is 2.53. The van der Waals surface area contributed by atoms with Crippen LogP contribution in [-0.2, 0) is 4.79 Å². The minimum atomic E-state index is -0.339. The molecule has 0 radical (unpaired) electrons. The van der Waals surface area contributed by atoms with E-state index in [9.17, 15) is 4.79 Å². The fourth-order valence-electron chi connectivity index (χ4n) is 2.53. The van der Waals surface area contributed by atoms with Crippen molar-refractivity contribution in [3.8, 4) is 0 Å². The molecule has 21 heavy (non-hydrogen) atoms. The van der Waals surface area contributed by atoms with Crippen molar-refractivity contribution in [1.82, 2.24) is 24.8 Å². The third-order valence-electron chi connectivity index (χ3n) is 3.65. The van der Waals surface area contributed by atoms with Gasteiger partial charge in [0.1, 0.15) is 11.6 Å². The number of likely N-dealkylation sites (tertiary alicyclic amines) is 1. The number of fused-ring (bicyclic) bond motifs is 1. The average Bonchev–Trinajstić information content (AvgIpc) is 3.17. The number of aromatic amines is 1. The van der Waals surface area contributed by atoms with Gasteiger partial charge in [-0.1, -0.05) is 0 Å². The van der Waals surface area contributed by atoms with Crippen LogP contribution in [0.3, 0.4) is 0 Å². The highest BCUT2D eigenvalue weighted by molar-refractivity contribution is 5.89. The zero-order valence-electron chi connectivity index (χ0n) is 12.2. The van der Waals surface area contributed by atoms with Crippen molar-refractivity contribution in [1.29, 1.82) is 0 Å². The minimum Gasteiger partial charge on any atom is -0.357 e. The van der Waals surface area contributed by atoms with Crippen molar-refractivity contribution < 1.29 is 4.79 Å². The van der Waals surface area contributed by atoms with Gasteiger partial charge >= 0.3 is 0 Å². The highest BCUT2D eigenvalue weighted by Crippen LogP contribution is 2.20. The Hall–Kier alpha value is -2.38. The molecule has 1 fully saturated rings. The molecule has 3 rings (SSSR count). The zero-order chi connectivity index (χ0) is 14.8. The van der Waals surface area contributed by atoms with E-state index in [2.05, 4.69) is 30.6 Å². The van der Waals surface area contributed by atoms with E-state index in [0.717, 1.165) is 25.9 Å². The molecule has 112 valence electrons. The Kier molecular flexibility index (Phi) is 3.59. The van der Waals surface area contributed by atoms with E-state index in [1.807, 2.05) is 11.8 Å². The molecular formula is C13H19N7O. The Labute approximate surface area is 122 Å². The quantitative estimate of drug-likeness (QED) is 0.770. The number of hydrogen-bond donors (Lipinski definition) is 3. The van der Waals surface area contributed by atoms with E-state index in [-0.39, 0.29) is 11.9 Å². The molecule has 0 spiro atoms. The van der Waals surface area contributed by atoms with E-state index >= 15 is 0 Å². The number of H-pyrrole nitrogens is 1. The number of hydrogen-bond acceptors (Lipinski definition) is 6. The Morgan fingerprint density at radius 2 is 2.14 bits per heavy atom. The molecule has 3 heterocycles. The van der Waals surface area contributed by atoms with Crippen LogP contribution in [-0.4, -0.2) is 56.9 Å². The summed E-state index contributed by atoms with van der Waals surface area (Å²) in [6.07, 6.45) is 3.73. The topological polar surface area (TPSA) is 98.8 Å². The van der Waals surface area contributed by atoms with Gasteiger partial charge < -0.3 is 20.5 Å². The summed E-state index contributed by atoms with van der Waals surface area (Å²) in [4.78, 5) is 30.0. The van der Waals surface area contributed by atoms with E-state index in [4.69, 9.17) is 0 Å². The van der Waals surface area contributed by atoms with Crippen molar-refractivity contribution in [2.45, 2.75) is 25.8 Å². The van der Waals surface area contributed by atoms with E-state index in [1.165, 1.54) is 0 Å². The monoisotopic (exact) mass is 289 g/mol. The van der Waals surface area contributed by atoms with Crippen LogP contribution in [0.1, 0.15) is 19.8 Å². The first-order chi connectivity index (χ1) is 10.2. The average molecular weight is 289 g/mol. The van der Waals surface area contributed by atoms with Gasteiger partial charge in [0.2, 0.25) is 11.9 Å². The standard InChI is InChI=1S/C13H19N7O/c1-8(12(21)20-5-3-4-6-20)17-11-9-10(16-7-15-9)18-13(14-2)19-11/h7-8H,3-6H2,1-2H3,(H3,14,15,16,17,18,19). The third kappa shape index (κ3) is 2.61. The molecule has 1 amide bonds. The first kappa shape index (κ1) is 13.6. The van der Waals surface area contributed by atoms with Crippen molar-refractivity contribution >= 4 is 28.8 Å². The van der Waals surface area contributed by atoms with E-state index in [0.29, 0.717) is 22.9 Å². The molecule has 0 saturated carbocycles. The smallest absolute Gasteiger partial charge is 0.244 e. The molecule has 0 bridgehead atoms. The van der Waals surface area contributed by atoms with Crippen molar-refractivity contribution in [2.24, 2.45) is 0 Å². The maximum atomic E-state index is 12.4. The molecule has 2 aromatic rings. The SMILES string of the molecule is CNc1nc(NC(C)C(=O)N2CCCC2)c2[nH]cnc2n1. The summed E-state index contributed by atoms with van der Waals surface area (Å²) in [6.45, 7) is 3.54. The van der Waals surface area contributed by atoms with Gasteiger partial charge in [0.05, 0.1) is 6.33 Å². The van der Waals surface area contributed by atoms with Gasteiger partial charge in [-0.15, -0.1) is 0 Å². The molecule has 1 aliphatic heterocycles. The van der Waals surface area contributed by atoms with Crippen molar-refractivity contribution in [3.63, 3.8) is 0 Å². The van der Waals surface area contributed by atoms with E-state index < -0.39 is 0 Å². The van der Waals surface area contributed by atoms with Gasteiger partial charge in [0, 0.05) is 20.1 Å². The Balaban J connectivity index is 1.83. The molecule has 3 N–H and O–H groups in total. The van der Waals surface area contributed by atoms with Crippen molar-refractivity contribution in [3.05, 3.63) is 6.33 Å². The molecule has 1 unspecified atom stereocenters. The lowest BCUT2D eigenvalue weighted by Crippen LogP contribution is -2.39. The van der Waals surface area contributed by atoms with Gasteiger partial charge in [-0.25, -0.2) is 4.98 Å². The highest BCUT2D eigenvalue weighted by Gasteiger charge is 2.24. The second-order valence-electron chi connectivity index (χ2n) is 5.15. The Bertz CT molecular complexity index is 647. The van der Waals surface area contributed by atoms with Gasteiger partial charge in [-0.2, -0.15) is 9.97 Å². The number of imidazole rings is 1. The summed E-state index contributed by atoms with van der Waals surface area (Å²) < 4.78 is 0. The Morgan fingerprint density at radius 1 is 1.38 bits per heavy atom. The second kappa shape index (κ2) is 5.55. The number of rotatable bonds is 4. The predicted molar refractivity (Wildman–Crippen MR) is 80.1 cm³/mol. The summed E-state index contributed by atoms with van der Waals surface area (Å²) in [7, 11) is 1.75. The highest BCUT2D eigenvalue weighted by atomic mass is 16.2. The molecule has 1 saturated heterocycles. The van der Waals surface area contributed by atoms with Crippen LogP contribution in [0.5, 0.6) is 0 Å². The van der Waals surface area contributed by atoms with Crippen LogP contribution in [0.2, 0.25) is 0 Å². The number of nitrogens with one attached hydrogen (secondary N) is 3. The summed E-state index contributed by atoms with van der Waals surface area (Å²) in [5.41, 5.74) is 1.27. The molecule has 0 aromatic carbocycles. The summed E-state index contributed by atoms with van der Waals surface area (Å²) in [5.74, 6) is 1.16. The van der Waals surface area contributed by atoms with E-state index in [1.54, 1.807) is 13.4 Å². The largest absolute Gasteiger partial charge is 0.357 e. The normalized spacial score (nSPS) is 16.2. The van der Waals surface area contributed by atoms with Crippen LogP contribution >= 0.6 is 0 Å². The molecule has 2 aromatic heterocycles. The second-order valence-corrected chi connectivity index (χ2v) is 5.15. The number of amides is 1. The molecule has 1 atom stereocenters. The third-order valence-corrected chi connectivity index (χ3v) is 3.65. The molecule has 8 nitrogen and oxygen atoms in total. The van der Waals surface area contributed by atoms with Crippen LogP contribution in [0.4, 0.5) is 11.8 Å². The maximum absolute atomic E-state index is 12.4.